The van der Waals surface area contributed by atoms with Crippen LogP contribution in [0.1, 0.15) is 25.7 Å². The van der Waals surface area contributed by atoms with Crippen molar-refractivity contribution in [2.24, 2.45) is 5.92 Å². The van der Waals surface area contributed by atoms with E-state index >= 15 is 0 Å². The zero-order valence-corrected chi connectivity index (χ0v) is 13.0. The number of hydrogen-bond donors (Lipinski definition) is 1. The summed E-state index contributed by atoms with van der Waals surface area (Å²) in [5.74, 6) is 0.420. The fraction of sp³-hybridized carbons (Fsp3) is 0.667. The maximum Gasteiger partial charge on any atom is 0.254 e. The normalized spacial score (nSPS) is 22.3. The summed E-state index contributed by atoms with van der Waals surface area (Å²) in [6.45, 7) is 1.23. The van der Waals surface area contributed by atoms with E-state index in [1.807, 2.05) is 0 Å². The molecule has 1 saturated heterocycles. The summed E-state index contributed by atoms with van der Waals surface area (Å²) in [5, 5.41) is 11.0. The lowest BCUT2D eigenvalue weighted by molar-refractivity contribution is 0.248. The standard InChI is InChI=1S/C12H18ClNO3S2/c13-11-5-9-18-12(11)19(16,17)14-6-1-2-10(3-7-14)4-8-15/h5,9-10,15H,1-4,6-8H2. The van der Waals surface area contributed by atoms with Crippen LogP contribution in [0.3, 0.4) is 0 Å². The predicted octanol–water partition coefficient (Wildman–Crippen LogP) is 2.57. The van der Waals surface area contributed by atoms with E-state index in [2.05, 4.69) is 0 Å². The van der Waals surface area contributed by atoms with Gasteiger partial charge in [0.05, 0.1) is 5.02 Å². The number of aliphatic hydroxyl groups excluding tert-OH is 1. The molecule has 0 aromatic carbocycles. The zero-order chi connectivity index (χ0) is 13.9. The lowest BCUT2D eigenvalue weighted by Gasteiger charge is -2.19. The summed E-state index contributed by atoms with van der Waals surface area (Å²) in [7, 11) is -3.45. The minimum absolute atomic E-state index is 0.175. The first-order valence-electron chi connectivity index (χ1n) is 6.39. The average Bonchev–Trinajstić information content (AvgIpc) is 2.66. The van der Waals surface area contributed by atoms with Gasteiger partial charge in [0.1, 0.15) is 0 Å². The Morgan fingerprint density at radius 3 is 2.84 bits per heavy atom. The van der Waals surface area contributed by atoms with Gasteiger partial charge in [-0.1, -0.05) is 11.6 Å². The molecule has 4 nitrogen and oxygen atoms in total. The van der Waals surface area contributed by atoms with Crippen LogP contribution in [0, 0.1) is 5.92 Å². The second-order valence-corrected chi connectivity index (χ2v) is 8.23. The van der Waals surface area contributed by atoms with Gasteiger partial charge in [-0.05, 0) is 43.0 Å². The van der Waals surface area contributed by atoms with Crippen molar-refractivity contribution in [2.75, 3.05) is 19.7 Å². The molecule has 0 aliphatic carbocycles. The molecule has 0 radical (unpaired) electrons. The van der Waals surface area contributed by atoms with Crippen LogP contribution in [0.4, 0.5) is 0 Å². The molecule has 1 fully saturated rings. The summed E-state index contributed by atoms with van der Waals surface area (Å²) in [5.41, 5.74) is 0. The molecule has 0 amide bonds. The van der Waals surface area contributed by atoms with Crippen LogP contribution >= 0.6 is 22.9 Å². The Bertz CT molecular complexity index is 515. The van der Waals surface area contributed by atoms with Crippen molar-refractivity contribution in [1.29, 1.82) is 0 Å². The van der Waals surface area contributed by atoms with Crippen LogP contribution in [0.2, 0.25) is 5.02 Å². The topological polar surface area (TPSA) is 57.6 Å². The van der Waals surface area contributed by atoms with Crippen LogP contribution in [-0.4, -0.2) is 37.5 Å². The van der Waals surface area contributed by atoms with Gasteiger partial charge in [-0.2, -0.15) is 4.31 Å². The first kappa shape index (κ1) is 15.3. The van der Waals surface area contributed by atoms with Gasteiger partial charge >= 0.3 is 0 Å². The maximum atomic E-state index is 12.5. The summed E-state index contributed by atoms with van der Waals surface area (Å²) in [6.07, 6.45) is 3.38. The van der Waals surface area contributed by atoms with Crippen LogP contribution < -0.4 is 0 Å². The largest absolute Gasteiger partial charge is 0.396 e. The van der Waals surface area contributed by atoms with E-state index in [-0.39, 0.29) is 10.8 Å². The van der Waals surface area contributed by atoms with Crippen LogP contribution in [0.15, 0.2) is 15.7 Å². The van der Waals surface area contributed by atoms with Crippen molar-refractivity contribution in [2.45, 2.75) is 29.9 Å². The molecule has 1 aliphatic heterocycles. The highest BCUT2D eigenvalue weighted by atomic mass is 35.5. The molecular weight excluding hydrogens is 306 g/mol. The zero-order valence-electron chi connectivity index (χ0n) is 10.6. The number of thiophene rings is 1. The van der Waals surface area contributed by atoms with Gasteiger partial charge in [0, 0.05) is 19.7 Å². The third kappa shape index (κ3) is 3.49. The molecule has 2 rings (SSSR count). The molecule has 1 N–H and O–H groups in total. The lowest BCUT2D eigenvalue weighted by atomic mass is 9.98. The second-order valence-electron chi connectivity index (χ2n) is 4.77. The molecule has 0 bridgehead atoms. The number of aliphatic hydroxyl groups is 1. The van der Waals surface area contributed by atoms with Gasteiger partial charge in [0.2, 0.25) is 0 Å². The maximum absolute atomic E-state index is 12.5. The molecule has 2 heterocycles. The highest BCUT2D eigenvalue weighted by molar-refractivity contribution is 7.91. The Labute approximate surface area is 123 Å². The fourth-order valence-electron chi connectivity index (χ4n) is 2.43. The lowest BCUT2D eigenvalue weighted by Crippen LogP contribution is -2.31. The Morgan fingerprint density at radius 1 is 1.42 bits per heavy atom. The minimum atomic E-state index is -3.45. The third-order valence-corrected chi connectivity index (χ3v) is 7.40. The number of rotatable bonds is 4. The Balaban J connectivity index is 2.12. The predicted molar refractivity (Wildman–Crippen MR) is 77.1 cm³/mol. The Hall–Kier alpha value is -0.140. The van der Waals surface area contributed by atoms with Gasteiger partial charge < -0.3 is 5.11 Å². The van der Waals surface area contributed by atoms with Gasteiger partial charge in [0.15, 0.2) is 4.21 Å². The van der Waals surface area contributed by atoms with E-state index in [4.69, 9.17) is 16.7 Å². The van der Waals surface area contributed by atoms with E-state index in [0.29, 0.717) is 24.0 Å². The highest BCUT2D eigenvalue weighted by Gasteiger charge is 2.29. The van der Waals surface area contributed by atoms with Crippen LogP contribution in [0.25, 0.3) is 0 Å². The molecule has 1 aliphatic rings. The van der Waals surface area contributed by atoms with Crippen molar-refractivity contribution in [3.05, 3.63) is 16.5 Å². The van der Waals surface area contributed by atoms with Crippen molar-refractivity contribution in [3.8, 4) is 0 Å². The minimum Gasteiger partial charge on any atom is -0.396 e. The molecule has 7 heteroatoms. The summed E-state index contributed by atoms with van der Waals surface area (Å²) in [4.78, 5) is 0. The Kier molecular flexibility index (Phi) is 5.25. The van der Waals surface area contributed by atoms with E-state index in [0.717, 1.165) is 25.7 Å². The molecule has 108 valence electrons. The Morgan fingerprint density at radius 2 is 2.21 bits per heavy atom. The van der Waals surface area contributed by atoms with Crippen LogP contribution in [-0.2, 0) is 10.0 Å². The molecular formula is C12H18ClNO3S2. The second kappa shape index (κ2) is 6.54. The van der Waals surface area contributed by atoms with Gasteiger partial charge in [0.25, 0.3) is 10.0 Å². The van der Waals surface area contributed by atoms with Crippen LogP contribution in [0.5, 0.6) is 0 Å². The molecule has 0 saturated carbocycles. The van der Waals surface area contributed by atoms with Crippen molar-refractivity contribution >= 4 is 33.0 Å². The van der Waals surface area contributed by atoms with Crippen molar-refractivity contribution in [1.82, 2.24) is 4.31 Å². The molecule has 1 unspecified atom stereocenters. The quantitative estimate of drug-likeness (QED) is 0.926. The molecule has 19 heavy (non-hydrogen) atoms. The van der Waals surface area contributed by atoms with Crippen molar-refractivity contribution in [3.63, 3.8) is 0 Å². The number of hydrogen-bond acceptors (Lipinski definition) is 4. The summed E-state index contributed by atoms with van der Waals surface area (Å²) in [6, 6.07) is 1.62. The van der Waals surface area contributed by atoms with E-state index in [9.17, 15) is 8.42 Å². The summed E-state index contributed by atoms with van der Waals surface area (Å²) >= 11 is 7.10. The van der Waals surface area contributed by atoms with Gasteiger partial charge in [-0.15, -0.1) is 11.3 Å². The van der Waals surface area contributed by atoms with Gasteiger partial charge in [-0.25, -0.2) is 8.42 Å². The fourth-order valence-corrected chi connectivity index (χ4v) is 5.74. The summed E-state index contributed by atoms with van der Waals surface area (Å²) < 4.78 is 26.8. The third-order valence-electron chi connectivity index (χ3n) is 3.50. The van der Waals surface area contributed by atoms with E-state index < -0.39 is 10.0 Å². The first-order chi connectivity index (χ1) is 9.05. The SMILES string of the molecule is O=S(=O)(c1sccc1Cl)N1CCCC(CCO)CC1. The highest BCUT2D eigenvalue weighted by Crippen LogP contribution is 2.32. The van der Waals surface area contributed by atoms with E-state index in [1.165, 1.54) is 15.6 Å². The smallest absolute Gasteiger partial charge is 0.254 e. The number of sulfonamides is 1. The van der Waals surface area contributed by atoms with Gasteiger partial charge in [-0.3, -0.25) is 0 Å². The average molecular weight is 324 g/mol. The number of nitrogens with zero attached hydrogens (tertiary/aromatic N) is 1. The monoisotopic (exact) mass is 323 g/mol. The molecule has 0 spiro atoms. The molecule has 1 aromatic heterocycles. The molecule has 1 aromatic rings. The number of halogens is 1. The molecule has 1 atom stereocenters. The van der Waals surface area contributed by atoms with Crippen molar-refractivity contribution < 1.29 is 13.5 Å². The first-order valence-corrected chi connectivity index (χ1v) is 9.09. The van der Waals surface area contributed by atoms with E-state index in [1.54, 1.807) is 11.4 Å².